The van der Waals surface area contributed by atoms with Gasteiger partial charge in [0.1, 0.15) is 0 Å². The summed E-state index contributed by atoms with van der Waals surface area (Å²) in [7, 11) is -3.78. The van der Waals surface area contributed by atoms with E-state index < -0.39 is 16.2 Å². The number of rotatable bonds is 3. The number of primary amides is 1. The Morgan fingerprint density at radius 1 is 1.13 bits per heavy atom. The van der Waals surface area contributed by atoms with E-state index in [-0.39, 0.29) is 0 Å². The highest BCUT2D eigenvalue weighted by Crippen LogP contribution is 2.13. The van der Waals surface area contributed by atoms with Crippen LogP contribution < -0.4 is 20.9 Å². The maximum absolute atomic E-state index is 10.6. The summed E-state index contributed by atoms with van der Waals surface area (Å²) in [6.45, 7) is 0. The summed E-state index contributed by atoms with van der Waals surface area (Å²) in [5.41, 5.74) is 5.64. The van der Waals surface area contributed by atoms with E-state index in [0.29, 0.717) is 11.4 Å². The summed E-state index contributed by atoms with van der Waals surface area (Å²) in [6.07, 6.45) is 0. The van der Waals surface area contributed by atoms with Crippen molar-refractivity contribution in [1.29, 1.82) is 0 Å². The molecule has 0 aliphatic rings. The summed E-state index contributed by atoms with van der Waals surface area (Å²) in [6, 6.07) is 5.16. The summed E-state index contributed by atoms with van der Waals surface area (Å²) < 4.78 is 23.3. The first kappa shape index (κ1) is 11.3. The lowest BCUT2D eigenvalue weighted by Crippen LogP contribution is -2.22. The van der Waals surface area contributed by atoms with Crippen LogP contribution in [-0.4, -0.2) is 14.4 Å². The van der Waals surface area contributed by atoms with Crippen molar-refractivity contribution in [3.8, 4) is 0 Å². The van der Waals surface area contributed by atoms with Crippen LogP contribution in [0, 0.1) is 0 Å². The van der Waals surface area contributed by atoms with Crippen LogP contribution in [0.25, 0.3) is 0 Å². The van der Waals surface area contributed by atoms with Crippen molar-refractivity contribution in [3.05, 3.63) is 24.3 Å². The van der Waals surface area contributed by atoms with Gasteiger partial charge < -0.3 is 11.1 Å². The van der Waals surface area contributed by atoms with Gasteiger partial charge in [-0.3, -0.25) is 4.72 Å². The second-order valence-electron chi connectivity index (χ2n) is 2.71. The molecule has 0 unspecified atom stereocenters. The van der Waals surface area contributed by atoms with E-state index in [0.717, 1.165) is 0 Å². The highest BCUT2D eigenvalue weighted by Gasteiger charge is 2.02. The molecule has 2 amide bonds. The van der Waals surface area contributed by atoms with Gasteiger partial charge in [-0.05, 0) is 24.3 Å². The third kappa shape index (κ3) is 4.29. The molecule has 0 fully saturated rings. The quantitative estimate of drug-likeness (QED) is 0.573. The molecule has 7 nitrogen and oxygen atoms in total. The monoisotopic (exact) mass is 230 g/mol. The van der Waals surface area contributed by atoms with Crippen molar-refractivity contribution in [1.82, 2.24) is 0 Å². The second-order valence-corrected chi connectivity index (χ2v) is 4.01. The van der Waals surface area contributed by atoms with Gasteiger partial charge in [0.05, 0.1) is 0 Å². The third-order valence-electron chi connectivity index (χ3n) is 1.41. The number of nitrogens with two attached hydrogens (primary N) is 2. The zero-order valence-electron chi connectivity index (χ0n) is 7.60. The standard InChI is InChI=1S/C7H10N4O3S/c8-7(12)10-5-1-3-6(4-2-5)11-15(9,13)14/h1-4,11H,(H3,8,10,12)(H2,9,13,14). The molecular formula is C7H10N4O3S. The number of hydrogen-bond acceptors (Lipinski definition) is 3. The van der Waals surface area contributed by atoms with Gasteiger partial charge in [-0.2, -0.15) is 8.42 Å². The van der Waals surface area contributed by atoms with Crippen molar-refractivity contribution in [2.75, 3.05) is 10.0 Å². The average molecular weight is 230 g/mol. The van der Waals surface area contributed by atoms with Gasteiger partial charge >= 0.3 is 6.03 Å². The van der Waals surface area contributed by atoms with Crippen LogP contribution in [0.1, 0.15) is 0 Å². The number of urea groups is 1. The maximum Gasteiger partial charge on any atom is 0.316 e. The van der Waals surface area contributed by atoms with Crippen LogP contribution in [0.3, 0.4) is 0 Å². The van der Waals surface area contributed by atoms with Crippen LogP contribution >= 0.6 is 0 Å². The van der Waals surface area contributed by atoms with Crippen LogP contribution in [0.5, 0.6) is 0 Å². The largest absolute Gasteiger partial charge is 0.351 e. The normalized spacial score (nSPS) is 10.7. The van der Waals surface area contributed by atoms with Gasteiger partial charge in [-0.15, -0.1) is 0 Å². The van der Waals surface area contributed by atoms with Gasteiger partial charge in [0.25, 0.3) is 10.2 Å². The summed E-state index contributed by atoms with van der Waals surface area (Å²) in [5, 5.41) is 7.08. The van der Waals surface area contributed by atoms with Crippen molar-refractivity contribution < 1.29 is 13.2 Å². The minimum absolute atomic E-state index is 0.299. The molecule has 6 N–H and O–H groups in total. The number of anilines is 2. The highest BCUT2D eigenvalue weighted by atomic mass is 32.2. The van der Waals surface area contributed by atoms with Crippen LogP contribution in [-0.2, 0) is 10.2 Å². The molecule has 15 heavy (non-hydrogen) atoms. The van der Waals surface area contributed by atoms with Gasteiger partial charge in [0.15, 0.2) is 0 Å². The molecule has 1 aromatic rings. The summed E-state index contributed by atoms with van der Waals surface area (Å²) in [5.74, 6) is 0. The Morgan fingerprint density at radius 2 is 1.60 bits per heavy atom. The molecule has 1 aromatic carbocycles. The Labute approximate surface area is 86.6 Å². The minimum Gasteiger partial charge on any atom is -0.351 e. The highest BCUT2D eigenvalue weighted by molar-refractivity contribution is 7.90. The number of amides is 2. The number of nitrogens with one attached hydrogen (secondary N) is 2. The van der Waals surface area contributed by atoms with E-state index >= 15 is 0 Å². The molecule has 82 valence electrons. The third-order valence-corrected chi connectivity index (χ3v) is 1.93. The lowest BCUT2D eigenvalue weighted by Gasteiger charge is -2.05. The molecule has 0 aliphatic carbocycles. The van der Waals surface area contributed by atoms with E-state index in [1.165, 1.54) is 24.3 Å². The smallest absolute Gasteiger partial charge is 0.316 e. The van der Waals surface area contributed by atoms with E-state index in [1.54, 1.807) is 0 Å². The molecule has 0 heterocycles. The van der Waals surface area contributed by atoms with Crippen LogP contribution in [0.15, 0.2) is 24.3 Å². The predicted molar refractivity (Wildman–Crippen MR) is 56.4 cm³/mol. The molecule has 8 heteroatoms. The van der Waals surface area contributed by atoms with Crippen LogP contribution in [0.2, 0.25) is 0 Å². The number of carbonyl (C=O) groups excluding carboxylic acids is 1. The van der Waals surface area contributed by atoms with Gasteiger partial charge in [-0.1, -0.05) is 0 Å². The van der Waals surface area contributed by atoms with E-state index in [1.807, 2.05) is 0 Å². The Kier molecular flexibility index (Phi) is 3.12. The topological polar surface area (TPSA) is 127 Å². The van der Waals surface area contributed by atoms with E-state index in [2.05, 4.69) is 10.0 Å². The predicted octanol–water partition coefficient (Wildman–Crippen LogP) is -0.207. The lowest BCUT2D eigenvalue weighted by atomic mass is 10.3. The summed E-state index contributed by atoms with van der Waals surface area (Å²) in [4.78, 5) is 10.5. The molecule has 0 spiro atoms. The molecule has 0 saturated heterocycles. The molecule has 0 aliphatic heterocycles. The van der Waals surface area contributed by atoms with Crippen LogP contribution in [0.4, 0.5) is 16.2 Å². The molecule has 0 atom stereocenters. The molecule has 0 aromatic heterocycles. The first-order chi connectivity index (χ1) is 6.87. The zero-order chi connectivity index (χ0) is 11.5. The fourth-order valence-electron chi connectivity index (χ4n) is 0.928. The Morgan fingerprint density at radius 3 is 2.00 bits per heavy atom. The van der Waals surface area contributed by atoms with E-state index in [4.69, 9.17) is 10.9 Å². The number of benzene rings is 1. The molecular weight excluding hydrogens is 220 g/mol. The first-order valence-electron chi connectivity index (χ1n) is 3.84. The first-order valence-corrected chi connectivity index (χ1v) is 5.38. The molecule has 0 saturated carbocycles. The molecule has 1 rings (SSSR count). The average Bonchev–Trinajstić information content (AvgIpc) is 2.05. The molecule has 0 radical (unpaired) electrons. The van der Waals surface area contributed by atoms with Crippen molar-refractivity contribution >= 4 is 27.6 Å². The zero-order valence-corrected chi connectivity index (χ0v) is 8.41. The Hall–Kier alpha value is -1.80. The lowest BCUT2D eigenvalue weighted by molar-refractivity contribution is 0.259. The minimum atomic E-state index is -3.78. The van der Waals surface area contributed by atoms with Gasteiger partial charge in [0.2, 0.25) is 0 Å². The van der Waals surface area contributed by atoms with E-state index in [9.17, 15) is 13.2 Å². The second kappa shape index (κ2) is 4.15. The number of carbonyl (C=O) groups is 1. The molecule has 0 bridgehead atoms. The van der Waals surface area contributed by atoms with Crippen molar-refractivity contribution in [3.63, 3.8) is 0 Å². The van der Waals surface area contributed by atoms with Gasteiger partial charge in [-0.25, -0.2) is 9.93 Å². The Balaban J connectivity index is 2.77. The fourth-order valence-corrected chi connectivity index (χ4v) is 1.39. The maximum atomic E-state index is 10.6. The number of hydrogen-bond donors (Lipinski definition) is 4. The SMILES string of the molecule is NC(=O)Nc1ccc(NS(N)(=O)=O)cc1. The van der Waals surface area contributed by atoms with Gasteiger partial charge in [0, 0.05) is 11.4 Å². The van der Waals surface area contributed by atoms with Crippen molar-refractivity contribution in [2.24, 2.45) is 10.9 Å². The Bertz CT molecular complexity index is 454. The van der Waals surface area contributed by atoms with Crippen molar-refractivity contribution in [2.45, 2.75) is 0 Å². The summed E-state index contributed by atoms with van der Waals surface area (Å²) >= 11 is 0. The fraction of sp³-hybridized carbons (Fsp3) is 0.